The van der Waals surface area contributed by atoms with Crippen LogP contribution in [-0.4, -0.2) is 11.5 Å². The third-order valence-corrected chi connectivity index (χ3v) is 19.9. The van der Waals surface area contributed by atoms with E-state index in [1.54, 1.807) is 10.4 Å². The van der Waals surface area contributed by atoms with E-state index in [0.717, 1.165) is 0 Å². The molecule has 86 valence electrons. The van der Waals surface area contributed by atoms with E-state index >= 15 is 0 Å². The molecule has 0 aliphatic heterocycles. The summed E-state index contributed by atoms with van der Waals surface area (Å²) >= 11 is 13.9. The summed E-state index contributed by atoms with van der Waals surface area (Å²) in [5.74, 6) is 2.42. The fourth-order valence-electron chi connectivity index (χ4n) is 0.726. The van der Waals surface area contributed by atoms with Gasteiger partial charge in [0.2, 0.25) is 0 Å². The van der Waals surface area contributed by atoms with Crippen molar-refractivity contribution in [1.82, 2.24) is 0 Å². The molecule has 0 saturated heterocycles. The molecule has 0 aliphatic rings. The van der Waals surface area contributed by atoms with Crippen molar-refractivity contribution in [1.29, 1.82) is 0 Å². The predicted octanol–water partition coefficient (Wildman–Crippen LogP) is 5.86. The minimum atomic E-state index is -1.31. The van der Waals surface area contributed by atoms with Crippen LogP contribution >= 0.6 is 48.5 Å². The van der Waals surface area contributed by atoms with Crippen molar-refractivity contribution >= 4 is 60.3 Å². The summed E-state index contributed by atoms with van der Waals surface area (Å²) in [4.78, 5) is 0. The van der Waals surface area contributed by atoms with Crippen LogP contribution in [0.25, 0.3) is 0 Å². The van der Waals surface area contributed by atoms with Crippen molar-refractivity contribution in [3.63, 3.8) is 0 Å². The molecule has 0 rings (SSSR count). The molecule has 0 nitrogen and oxygen atoms in total. The first-order chi connectivity index (χ1) is 6.68. The van der Waals surface area contributed by atoms with Gasteiger partial charge in [-0.25, -0.2) is 0 Å². The quantitative estimate of drug-likeness (QED) is 0.245. The van der Waals surface area contributed by atoms with Gasteiger partial charge in [-0.05, 0) is 34.8 Å². The van der Waals surface area contributed by atoms with Crippen molar-refractivity contribution in [3.8, 4) is 0 Å². The smallest absolute Gasteiger partial charge is 0.104 e. The zero-order valence-electron chi connectivity index (χ0n) is 8.77. The minimum Gasteiger partial charge on any atom is -0.104 e. The summed E-state index contributed by atoms with van der Waals surface area (Å²) in [7, 11) is 1.62. The molecule has 0 radical (unpaired) electrons. The Balaban J connectivity index is 3.74. The van der Waals surface area contributed by atoms with Crippen LogP contribution in [0.4, 0.5) is 0 Å². The van der Waals surface area contributed by atoms with Gasteiger partial charge in [0.15, 0.2) is 0 Å². The summed E-state index contributed by atoms with van der Waals surface area (Å²) in [6, 6.07) is 0. The summed E-state index contributed by atoms with van der Waals surface area (Å²) < 4.78 is -1.31. The van der Waals surface area contributed by atoms with Gasteiger partial charge in [0.1, 0.15) is 3.64 Å². The first kappa shape index (κ1) is 16.1. The largest absolute Gasteiger partial charge is 0.119 e. The van der Waals surface area contributed by atoms with Crippen molar-refractivity contribution in [2.24, 2.45) is 0 Å². The number of thiol groups is 1. The van der Waals surface area contributed by atoms with Gasteiger partial charge in [-0.15, -0.1) is 34.4 Å². The maximum atomic E-state index is 5.65. The Labute approximate surface area is 111 Å². The molecule has 0 spiro atoms. The summed E-state index contributed by atoms with van der Waals surface area (Å²) in [5.41, 5.74) is 0. The lowest BCUT2D eigenvalue weighted by Gasteiger charge is -2.16. The van der Waals surface area contributed by atoms with Crippen LogP contribution in [0.2, 0.25) is 0 Å². The van der Waals surface area contributed by atoms with Gasteiger partial charge in [-0.1, -0.05) is 38.5 Å². The number of hydrogen-bond donors (Lipinski definition) is 1. The van der Waals surface area contributed by atoms with E-state index in [0.29, 0.717) is 0 Å². The van der Waals surface area contributed by atoms with Crippen LogP contribution in [0.3, 0.4) is 0 Å². The highest BCUT2D eigenvalue weighted by atomic mass is 33.7. The Morgan fingerprint density at radius 2 is 1.50 bits per heavy atom. The maximum Gasteiger partial charge on any atom is 0.119 e. The van der Waals surface area contributed by atoms with Gasteiger partial charge in [-0.2, -0.15) is 0 Å². The van der Waals surface area contributed by atoms with Crippen LogP contribution in [0.5, 0.6) is 0 Å². The molecule has 0 unspecified atom stereocenters. The monoisotopic (exact) mass is 306 g/mol. The lowest BCUT2D eigenvalue weighted by molar-refractivity contribution is 0.898. The molecular weight excluding hydrogens is 287 g/mol. The van der Waals surface area contributed by atoms with E-state index in [4.69, 9.17) is 11.8 Å². The molecule has 0 aromatic rings. The topological polar surface area (TPSA) is 0 Å². The molecule has 0 aromatic carbocycles. The Bertz CT molecular complexity index is 159. The zero-order valence-corrected chi connectivity index (χ0v) is 13.8. The van der Waals surface area contributed by atoms with Crippen molar-refractivity contribution in [3.05, 3.63) is 0 Å². The zero-order chi connectivity index (χ0) is 10.9. The second kappa shape index (κ2) is 10.2. The summed E-state index contributed by atoms with van der Waals surface area (Å²) in [6.45, 7) is 4.45. The van der Waals surface area contributed by atoms with E-state index in [1.165, 1.54) is 37.2 Å². The molecular formula is C8H19PS5. The van der Waals surface area contributed by atoms with Crippen LogP contribution < -0.4 is 0 Å². The van der Waals surface area contributed by atoms with Gasteiger partial charge in [-0.3, -0.25) is 0 Å². The molecule has 0 bridgehead atoms. The highest BCUT2D eigenvalue weighted by Crippen LogP contribution is 2.79. The standard InChI is InChI=1S/C8H19PS5/c1-3-5-7-12-9(10,14-11)13-8-6-4-2/h11H,3-8H2,1-2H3. The molecule has 14 heavy (non-hydrogen) atoms. The first-order valence-electron chi connectivity index (χ1n) is 4.90. The lowest BCUT2D eigenvalue weighted by atomic mass is 10.4. The number of hydrogen-bond acceptors (Lipinski definition) is 5. The van der Waals surface area contributed by atoms with E-state index < -0.39 is 3.64 Å². The predicted molar refractivity (Wildman–Crippen MR) is 85.6 cm³/mol. The maximum absolute atomic E-state index is 5.65. The molecule has 0 atom stereocenters. The lowest BCUT2D eigenvalue weighted by Crippen LogP contribution is -1.77. The van der Waals surface area contributed by atoms with Crippen molar-refractivity contribution in [2.75, 3.05) is 11.5 Å². The third-order valence-electron chi connectivity index (χ3n) is 1.59. The third kappa shape index (κ3) is 8.23. The van der Waals surface area contributed by atoms with Crippen LogP contribution in [0.15, 0.2) is 0 Å². The summed E-state index contributed by atoms with van der Waals surface area (Å²) in [6.07, 6.45) is 5.09. The Kier molecular flexibility index (Phi) is 11.7. The van der Waals surface area contributed by atoms with Gasteiger partial charge in [0.25, 0.3) is 0 Å². The van der Waals surface area contributed by atoms with Gasteiger partial charge in [0.05, 0.1) is 0 Å². The van der Waals surface area contributed by atoms with Crippen LogP contribution in [0, 0.1) is 0 Å². The second-order valence-electron chi connectivity index (χ2n) is 2.90. The highest BCUT2D eigenvalue weighted by Gasteiger charge is 2.16. The normalized spacial score (nSPS) is 11.9. The molecule has 0 amide bonds. The minimum absolute atomic E-state index is 1.21. The number of unbranched alkanes of at least 4 members (excludes halogenated alkanes) is 2. The van der Waals surface area contributed by atoms with Crippen LogP contribution in [0.1, 0.15) is 39.5 Å². The Hall–Kier alpha value is 2.05. The first-order valence-corrected chi connectivity index (χ1v) is 13.4. The van der Waals surface area contributed by atoms with E-state index in [2.05, 4.69) is 25.5 Å². The van der Waals surface area contributed by atoms with Crippen LogP contribution in [-0.2, 0) is 11.8 Å². The fraction of sp³-hybridized carbons (Fsp3) is 1.00. The average Bonchev–Trinajstić information content (AvgIpc) is 2.19. The van der Waals surface area contributed by atoms with E-state index in [1.807, 2.05) is 22.8 Å². The molecule has 0 heterocycles. The highest BCUT2D eigenvalue weighted by molar-refractivity contribution is 9.32. The van der Waals surface area contributed by atoms with Crippen molar-refractivity contribution < 1.29 is 0 Å². The molecule has 0 aromatic heterocycles. The fourth-order valence-corrected chi connectivity index (χ4v) is 12.9. The molecule has 0 saturated carbocycles. The Morgan fingerprint density at radius 3 is 1.79 bits per heavy atom. The van der Waals surface area contributed by atoms with Gasteiger partial charge < -0.3 is 0 Å². The number of rotatable bonds is 9. The second-order valence-corrected chi connectivity index (χ2v) is 19.5. The molecule has 0 fully saturated rings. The molecule has 6 heteroatoms. The Morgan fingerprint density at radius 1 is 1.07 bits per heavy atom. The SMILES string of the molecule is CCCCSP(=S)(SS)SCCCC. The molecule has 0 N–H and O–H groups in total. The van der Waals surface area contributed by atoms with E-state index in [9.17, 15) is 0 Å². The van der Waals surface area contributed by atoms with Crippen molar-refractivity contribution in [2.45, 2.75) is 39.5 Å². The van der Waals surface area contributed by atoms with Gasteiger partial charge in [0, 0.05) is 0 Å². The van der Waals surface area contributed by atoms with E-state index in [-0.39, 0.29) is 0 Å². The summed E-state index contributed by atoms with van der Waals surface area (Å²) in [5, 5.41) is 0. The average molecular weight is 307 g/mol. The van der Waals surface area contributed by atoms with Gasteiger partial charge >= 0.3 is 0 Å². The molecule has 0 aliphatic carbocycles.